The summed E-state index contributed by atoms with van der Waals surface area (Å²) in [7, 11) is 1.74. The topological polar surface area (TPSA) is 76.5 Å². The number of amides is 2. The summed E-state index contributed by atoms with van der Waals surface area (Å²) >= 11 is 0. The number of benzene rings is 2. The fraction of sp³-hybridized carbons (Fsp3) is 0.320. The minimum Gasteiger partial charge on any atom is -0.492 e. The van der Waals surface area contributed by atoms with E-state index in [1.807, 2.05) is 49.4 Å². The van der Waals surface area contributed by atoms with E-state index in [9.17, 15) is 9.59 Å². The Bertz CT molecular complexity index is 1000. The van der Waals surface area contributed by atoms with Gasteiger partial charge in [-0.15, -0.1) is 0 Å². The lowest BCUT2D eigenvalue weighted by Crippen LogP contribution is -2.33. The highest BCUT2D eigenvalue weighted by molar-refractivity contribution is 5.90. The SMILES string of the molecule is Cc1ccc(OCCN(C)C(=O)Cn2cc(NC(=O)CCCc3ccccc3)cn2)cc1. The summed E-state index contributed by atoms with van der Waals surface area (Å²) in [5.41, 5.74) is 2.99. The zero-order valence-electron chi connectivity index (χ0n) is 18.7. The Morgan fingerprint density at radius 2 is 1.84 bits per heavy atom. The predicted octanol–water partition coefficient (Wildman–Crippen LogP) is 3.69. The van der Waals surface area contributed by atoms with Crippen LogP contribution >= 0.6 is 0 Å². The third kappa shape index (κ3) is 7.58. The number of nitrogens with zero attached hydrogens (tertiary/aromatic N) is 3. The van der Waals surface area contributed by atoms with E-state index in [0.717, 1.165) is 18.6 Å². The molecule has 0 aliphatic carbocycles. The lowest BCUT2D eigenvalue weighted by molar-refractivity contribution is -0.131. The van der Waals surface area contributed by atoms with Crippen molar-refractivity contribution in [3.63, 3.8) is 0 Å². The fourth-order valence-electron chi connectivity index (χ4n) is 3.15. The second-order valence-corrected chi connectivity index (χ2v) is 7.79. The molecule has 2 amide bonds. The van der Waals surface area contributed by atoms with Gasteiger partial charge in [-0.2, -0.15) is 5.10 Å². The summed E-state index contributed by atoms with van der Waals surface area (Å²) in [6, 6.07) is 17.9. The van der Waals surface area contributed by atoms with Crippen molar-refractivity contribution in [2.45, 2.75) is 32.7 Å². The largest absolute Gasteiger partial charge is 0.492 e. The van der Waals surface area contributed by atoms with Crippen LogP contribution in [0.25, 0.3) is 0 Å². The number of aromatic nitrogens is 2. The monoisotopic (exact) mass is 434 g/mol. The molecule has 3 aromatic rings. The molecule has 168 valence electrons. The van der Waals surface area contributed by atoms with Gasteiger partial charge in [-0.1, -0.05) is 48.0 Å². The Morgan fingerprint density at radius 3 is 2.59 bits per heavy atom. The summed E-state index contributed by atoms with van der Waals surface area (Å²) in [6.07, 6.45) is 5.30. The van der Waals surface area contributed by atoms with E-state index in [1.165, 1.54) is 15.8 Å². The Hall–Kier alpha value is -3.61. The van der Waals surface area contributed by atoms with Crippen molar-refractivity contribution in [1.29, 1.82) is 0 Å². The van der Waals surface area contributed by atoms with Crippen LogP contribution in [0.3, 0.4) is 0 Å². The lowest BCUT2D eigenvalue weighted by atomic mass is 10.1. The second kappa shape index (κ2) is 11.7. The molecule has 0 fully saturated rings. The maximum atomic E-state index is 12.4. The van der Waals surface area contributed by atoms with E-state index in [-0.39, 0.29) is 18.4 Å². The van der Waals surface area contributed by atoms with Crippen molar-refractivity contribution >= 4 is 17.5 Å². The van der Waals surface area contributed by atoms with Gasteiger partial charge in [0, 0.05) is 19.7 Å². The number of nitrogens with one attached hydrogen (secondary N) is 1. The van der Waals surface area contributed by atoms with Gasteiger partial charge < -0.3 is 15.0 Å². The summed E-state index contributed by atoms with van der Waals surface area (Å²) in [4.78, 5) is 26.2. The smallest absolute Gasteiger partial charge is 0.244 e. The van der Waals surface area contributed by atoms with E-state index in [2.05, 4.69) is 22.5 Å². The molecule has 1 N–H and O–H groups in total. The number of aryl methyl sites for hydroxylation is 2. The molecular formula is C25H30N4O3. The molecule has 0 radical (unpaired) electrons. The number of hydrogen-bond acceptors (Lipinski definition) is 4. The van der Waals surface area contributed by atoms with Crippen LogP contribution in [0.15, 0.2) is 67.0 Å². The molecule has 0 aliphatic rings. The highest BCUT2D eigenvalue weighted by atomic mass is 16.5. The first-order valence-electron chi connectivity index (χ1n) is 10.8. The highest BCUT2D eigenvalue weighted by Crippen LogP contribution is 2.11. The standard InChI is InChI=1S/C25H30N4O3/c1-20-11-13-23(14-12-20)32-16-15-28(2)25(31)19-29-18-22(17-26-29)27-24(30)10-6-9-21-7-4-3-5-8-21/h3-5,7-8,11-14,17-18H,6,9-10,15-16,19H2,1-2H3,(H,27,30). The molecule has 0 bridgehead atoms. The molecule has 3 rings (SSSR count). The van der Waals surface area contributed by atoms with Crippen molar-refractivity contribution in [1.82, 2.24) is 14.7 Å². The first kappa shape index (κ1) is 23.1. The molecule has 0 unspecified atom stereocenters. The summed E-state index contributed by atoms with van der Waals surface area (Å²) in [6.45, 7) is 3.01. The van der Waals surface area contributed by atoms with E-state index in [1.54, 1.807) is 24.3 Å². The second-order valence-electron chi connectivity index (χ2n) is 7.79. The third-order valence-corrected chi connectivity index (χ3v) is 5.07. The average Bonchev–Trinajstić information content (AvgIpc) is 3.22. The van der Waals surface area contributed by atoms with Crippen LogP contribution < -0.4 is 10.1 Å². The van der Waals surface area contributed by atoms with Crippen LogP contribution in [0.4, 0.5) is 5.69 Å². The molecule has 2 aromatic carbocycles. The molecule has 0 aliphatic heterocycles. The number of ether oxygens (including phenoxy) is 1. The first-order chi connectivity index (χ1) is 15.5. The summed E-state index contributed by atoms with van der Waals surface area (Å²) < 4.78 is 7.20. The van der Waals surface area contributed by atoms with Gasteiger partial charge in [0.25, 0.3) is 0 Å². The molecule has 0 saturated heterocycles. The zero-order chi connectivity index (χ0) is 22.8. The molecule has 7 nitrogen and oxygen atoms in total. The minimum absolute atomic E-state index is 0.0582. The van der Waals surface area contributed by atoms with Crippen LogP contribution in [-0.4, -0.2) is 46.7 Å². The van der Waals surface area contributed by atoms with Crippen molar-refractivity contribution in [3.8, 4) is 5.75 Å². The molecule has 0 spiro atoms. The summed E-state index contributed by atoms with van der Waals surface area (Å²) in [5.74, 6) is 0.645. The van der Waals surface area contributed by atoms with E-state index in [4.69, 9.17) is 4.74 Å². The predicted molar refractivity (Wildman–Crippen MR) is 125 cm³/mol. The van der Waals surface area contributed by atoms with Gasteiger partial charge in [0.15, 0.2) is 0 Å². The van der Waals surface area contributed by atoms with Gasteiger partial charge in [0.1, 0.15) is 18.9 Å². The minimum atomic E-state index is -0.0821. The summed E-state index contributed by atoms with van der Waals surface area (Å²) in [5, 5.41) is 7.02. The Kier molecular flexibility index (Phi) is 8.43. The average molecular weight is 435 g/mol. The Labute approximate surface area is 189 Å². The molecule has 7 heteroatoms. The maximum absolute atomic E-state index is 12.4. The first-order valence-corrected chi connectivity index (χ1v) is 10.8. The Balaban J connectivity index is 1.36. The fourth-order valence-corrected chi connectivity index (χ4v) is 3.15. The molecule has 1 heterocycles. The lowest BCUT2D eigenvalue weighted by Gasteiger charge is -2.17. The van der Waals surface area contributed by atoms with Crippen molar-refractivity contribution in [2.24, 2.45) is 0 Å². The number of hydrogen-bond donors (Lipinski definition) is 1. The molecule has 0 saturated carbocycles. The molecular weight excluding hydrogens is 404 g/mol. The van der Waals surface area contributed by atoms with E-state index in [0.29, 0.717) is 25.3 Å². The Morgan fingerprint density at radius 1 is 1.09 bits per heavy atom. The number of anilines is 1. The van der Waals surface area contributed by atoms with E-state index < -0.39 is 0 Å². The van der Waals surface area contributed by atoms with Crippen LogP contribution in [-0.2, 0) is 22.6 Å². The van der Waals surface area contributed by atoms with Gasteiger partial charge >= 0.3 is 0 Å². The molecule has 1 aromatic heterocycles. The van der Waals surface area contributed by atoms with Gasteiger partial charge in [0.2, 0.25) is 11.8 Å². The van der Waals surface area contributed by atoms with Gasteiger partial charge in [-0.05, 0) is 37.5 Å². The zero-order valence-corrected chi connectivity index (χ0v) is 18.7. The van der Waals surface area contributed by atoms with Crippen molar-refractivity contribution in [3.05, 3.63) is 78.1 Å². The van der Waals surface area contributed by atoms with Crippen molar-refractivity contribution in [2.75, 3.05) is 25.5 Å². The normalized spacial score (nSPS) is 10.6. The van der Waals surface area contributed by atoms with Gasteiger partial charge in [0.05, 0.1) is 18.4 Å². The maximum Gasteiger partial charge on any atom is 0.244 e. The van der Waals surface area contributed by atoms with Gasteiger partial charge in [-0.25, -0.2) is 0 Å². The van der Waals surface area contributed by atoms with Crippen LogP contribution in [0.2, 0.25) is 0 Å². The number of carbonyl (C=O) groups is 2. The number of carbonyl (C=O) groups excluding carboxylic acids is 2. The molecule has 0 atom stereocenters. The highest BCUT2D eigenvalue weighted by Gasteiger charge is 2.11. The quantitative estimate of drug-likeness (QED) is 0.499. The third-order valence-electron chi connectivity index (χ3n) is 5.07. The molecule has 32 heavy (non-hydrogen) atoms. The number of likely N-dealkylation sites (N-methyl/N-ethyl adjacent to an activating group) is 1. The van der Waals surface area contributed by atoms with Crippen LogP contribution in [0.1, 0.15) is 24.0 Å². The number of rotatable bonds is 11. The van der Waals surface area contributed by atoms with Crippen LogP contribution in [0, 0.1) is 6.92 Å². The van der Waals surface area contributed by atoms with Crippen molar-refractivity contribution < 1.29 is 14.3 Å². The van der Waals surface area contributed by atoms with Gasteiger partial charge in [-0.3, -0.25) is 14.3 Å². The van der Waals surface area contributed by atoms with Crippen LogP contribution in [0.5, 0.6) is 5.75 Å². The van der Waals surface area contributed by atoms with E-state index >= 15 is 0 Å².